The van der Waals surface area contributed by atoms with Gasteiger partial charge in [0.2, 0.25) is 11.5 Å². The van der Waals surface area contributed by atoms with Crippen molar-refractivity contribution in [2.75, 3.05) is 37.2 Å². The van der Waals surface area contributed by atoms with Crippen LogP contribution < -0.4 is 11.1 Å². The van der Waals surface area contributed by atoms with Crippen LogP contribution >= 0.6 is 11.3 Å². The van der Waals surface area contributed by atoms with E-state index in [1.54, 1.807) is 6.07 Å². The van der Waals surface area contributed by atoms with Gasteiger partial charge in [-0.1, -0.05) is 41.9 Å². The molecule has 0 bridgehead atoms. The Labute approximate surface area is 179 Å². The van der Waals surface area contributed by atoms with Gasteiger partial charge in [0.05, 0.1) is 5.69 Å². The molecule has 0 atom stereocenters. The van der Waals surface area contributed by atoms with E-state index in [-0.39, 0.29) is 17.2 Å². The number of piperidine rings is 1. The first kappa shape index (κ1) is 20.1. The van der Waals surface area contributed by atoms with Crippen LogP contribution in [-0.4, -0.2) is 42.0 Å². The van der Waals surface area contributed by atoms with E-state index in [1.165, 1.54) is 30.6 Å². The third-order valence-corrected chi connectivity index (χ3v) is 6.39. The molecule has 3 N–H and O–H groups in total. The molecule has 0 spiro atoms. The van der Waals surface area contributed by atoms with E-state index in [9.17, 15) is 10.1 Å². The molecule has 2 aromatic heterocycles. The highest BCUT2D eigenvalue weighted by atomic mass is 32.1. The molecule has 0 unspecified atom stereocenters. The molecule has 7 nitrogen and oxygen atoms in total. The van der Waals surface area contributed by atoms with Crippen LogP contribution in [0.2, 0.25) is 0 Å². The number of hydrogen-bond acceptors (Lipinski definition) is 8. The van der Waals surface area contributed by atoms with Crippen molar-refractivity contribution in [3.8, 4) is 17.3 Å². The van der Waals surface area contributed by atoms with Crippen molar-refractivity contribution in [2.24, 2.45) is 0 Å². The van der Waals surface area contributed by atoms with Gasteiger partial charge in [0, 0.05) is 24.7 Å². The Kier molecular flexibility index (Phi) is 6.12. The van der Waals surface area contributed by atoms with Gasteiger partial charge in [-0.15, -0.1) is 11.3 Å². The van der Waals surface area contributed by atoms with Crippen molar-refractivity contribution >= 4 is 27.8 Å². The zero-order valence-corrected chi connectivity index (χ0v) is 17.4. The first-order valence-electron chi connectivity index (χ1n) is 10.0. The second-order valence-electron chi connectivity index (χ2n) is 7.26. The summed E-state index contributed by atoms with van der Waals surface area (Å²) in [7, 11) is 0. The number of nitriles is 1. The Balaban J connectivity index is 1.49. The smallest absolute Gasteiger partial charge is 0.243 e. The van der Waals surface area contributed by atoms with Gasteiger partial charge >= 0.3 is 0 Å². The summed E-state index contributed by atoms with van der Waals surface area (Å²) in [4.78, 5) is 15.7. The van der Waals surface area contributed by atoms with Gasteiger partial charge in [-0.2, -0.15) is 5.26 Å². The lowest BCUT2D eigenvalue weighted by molar-refractivity contribution is 0.100. The lowest BCUT2D eigenvalue weighted by atomic mass is 10.1. The van der Waals surface area contributed by atoms with Crippen molar-refractivity contribution in [1.82, 2.24) is 10.1 Å². The van der Waals surface area contributed by atoms with Gasteiger partial charge in [-0.25, -0.2) is 0 Å². The Morgan fingerprint density at radius 2 is 2.03 bits per heavy atom. The van der Waals surface area contributed by atoms with Crippen LogP contribution in [0.15, 0.2) is 40.9 Å². The maximum Gasteiger partial charge on any atom is 0.243 e. The van der Waals surface area contributed by atoms with E-state index in [2.05, 4.69) is 21.4 Å². The van der Waals surface area contributed by atoms with Crippen molar-refractivity contribution in [3.05, 3.63) is 52.6 Å². The minimum Gasteiger partial charge on any atom is -0.396 e. The van der Waals surface area contributed by atoms with Gasteiger partial charge in [0.15, 0.2) is 0 Å². The zero-order chi connectivity index (χ0) is 20.9. The van der Waals surface area contributed by atoms with Gasteiger partial charge in [-0.3, -0.25) is 4.79 Å². The van der Waals surface area contributed by atoms with Crippen LogP contribution in [-0.2, 0) is 0 Å². The van der Waals surface area contributed by atoms with E-state index in [0.717, 1.165) is 25.2 Å². The highest BCUT2D eigenvalue weighted by molar-refractivity contribution is 7.19. The lowest BCUT2D eigenvalue weighted by Gasteiger charge is -2.26. The normalized spacial score (nSPS) is 14.4. The highest BCUT2D eigenvalue weighted by Gasteiger charge is 2.25. The second kappa shape index (κ2) is 9.11. The molecule has 30 heavy (non-hydrogen) atoms. The molecule has 1 fully saturated rings. The number of benzene rings is 1. The van der Waals surface area contributed by atoms with E-state index >= 15 is 0 Å². The van der Waals surface area contributed by atoms with Gasteiger partial charge in [0.25, 0.3) is 0 Å². The molecule has 0 aliphatic carbocycles. The second-order valence-corrected chi connectivity index (χ2v) is 8.28. The largest absolute Gasteiger partial charge is 0.396 e. The summed E-state index contributed by atoms with van der Waals surface area (Å²) >= 11 is 1.19. The van der Waals surface area contributed by atoms with E-state index in [0.29, 0.717) is 27.7 Å². The van der Waals surface area contributed by atoms with Crippen LogP contribution in [0.3, 0.4) is 0 Å². The number of nitrogens with two attached hydrogens (primary N) is 1. The fourth-order valence-corrected chi connectivity index (χ4v) is 4.64. The van der Waals surface area contributed by atoms with Crippen LogP contribution in [0.4, 0.5) is 10.7 Å². The summed E-state index contributed by atoms with van der Waals surface area (Å²) < 4.78 is 5.28. The summed E-state index contributed by atoms with van der Waals surface area (Å²) in [5.74, 6) is -0.265. The first-order valence-corrected chi connectivity index (χ1v) is 10.8. The molecule has 3 heterocycles. The molecule has 3 aromatic rings. The average Bonchev–Trinajstić information content (AvgIpc) is 3.40. The molecule has 0 amide bonds. The molecule has 0 saturated carbocycles. The number of likely N-dealkylation sites (tertiary alicyclic amines) is 1. The average molecular weight is 422 g/mol. The number of hydrogen-bond donors (Lipinski definition) is 2. The van der Waals surface area contributed by atoms with Crippen LogP contribution in [0, 0.1) is 11.3 Å². The minimum absolute atomic E-state index is 0.103. The topological polar surface area (TPSA) is 108 Å². The number of anilines is 2. The molecule has 0 radical (unpaired) electrons. The Hall–Kier alpha value is -3.15. The number of thiophene rings is 1. The van der Waals surface area contributed by atoms with Crippen molar-refractivity contribution in [1.29, 1.82) is 5.26 Å². The number of ketones is 1. The van der Waals surface area contributed by atoms with Gasteiger partial charge < -0.3 is 20.5 Å². The number of nitrogen functional groups attached to an aromatic ring is 1. The van der Waals surface area contributed by atoms with Gasteiger partial charge in [-0.05, 0) is 25.9 Å². The number of nitrogens with zero attached hydrogens (tertiary/aromatic N) is 3. The Bertz CT molecular complexity index is 1060. The number of carbonyl (C=O) groups is 1. The van der Waals surface area contributed by atoms with E-state index in [1.807, 2.05) is 30.3 Å². The fourth-order valence-electron chi connectivity index (χ4n) is 3.60. The third kappa shape index (κ3) is 4.22. The summed E-state index contributed by atoms with van der Waals surface area (Å²) in [5.41, 5.74) is 8.07. The Morgan fingerprint density at radius 3 is 2.77 bits per heavy atom. The SMILES string of the molecule is N#Cc1c(NCCN2CCCCC2)sc(C(=O)c2cc(-c3ccccc3)no2)c1N. The van der Waals surface area contributed by atoms with Gasteiger partial charge in [0.1, 0.15) is 27.2 Å². The van der Waals surface area contributed by atoms with Crippen LogP contribution in [0.25, 0.3) is 11.3 Å². The van der Waals surface area contributed by atoms with E-state index in [4.69, 9.17) is 10.3 Å². The van der Waals surface area contributed by atoms with Crippen LogP contribution in [0.1, 0.15) is 40.3 Å². The van der Waals surface area contributed by atoms with Crippen LogP contribution in [0.5, 0.6) is 0 Å². The lowest BCUT2D eigenvalue weighted by Crippen LogP contribution is -2.33. The van der Waals surface area contributed by atoms with Crippen molar-refractivity contribution in [3.63, 3.8) is 0 Å². The number of aromatic nitrogens is 1. The Morgan fingerprint density at radius 1 is 1.27 bits per heavy atom. The standard InChI is InChI=1S/C22H23N5O2S/c23-14-16-19(24)21(30-22(16)25-9-12-27-10-5-2-6-11-27)20(28)18-13-17(26-29-18)15-7-3-1-4-8-15/h1,3-4,7-8,13,25H,2,5-6,9-12,24H2. The summed E-state index contributed by atoms with van der Waals surface area (Å²) in [6.07, 6.45) is 3.76. The molecule has 1 aliphatic rings. The maximum absolute atomic E-state index is 13.0. The number of rotatable bonds is 7. The maximum atomic E-state index is 13.0. The summed E-state index contributed by atoms with van der Waals surface area (Å²) in [6.45, 7) is 3.81. The van der Waals surface area contributed by atoms with E-state index < -0.39 is 0 Å². The molecule has 1 aromatic carbocycles. The highest BCUT2D eigenvalue weighted by Crippen LogP contribution is 2.37. The number of carbonyl (C=O) groups excluding carboxylic acids is 1. The fraction of sp³-hybridized carbons (Fsp3) is 0.318. The van der Waals surface area contributed by atoms with Crippen molar-refractivity contribution in [2.45, 2.75) is 19.3 Å². The van der Waals surface area contributed by atoms with Crippen molar-refractivity contribution < 1.29 is 9.32 Å². The quantitative estimate of drug-likeness (QED) is 0.555. The third-order valence-electron chi connectivity index (χ3n) is 5.23. The molecule has 1 saturated heterocycles. The summed E-state index contributed by atoms with van der Waals surface area (Å²) in [6, 6.07) is 13.2. The monoisotopic (exact) mass is 421 g/mol. The molecule has 4 rings (SSSR count). The first-order chi connectivity index (χ1) is 14.7. The minimum atomic E-state index is -0.368. The molecule has 1 aliphatic heterocycles. The molecular weight excluding hydrogens is 398 g/mol. The predicted molar refractivity (Wildman–Crippen MR) is 118 cm³/mol. The molecule has 154 valence electrons. The molecule has 8 heteroatoms. The predicted octanol–water partition coefficient (Wildman–Crippen LogP) is 3.99. The number of nitrogens with one attached hydrogen (secondary N) is 1. The summed E-state index contributed by atoms with van der Waals surface area (Å²) in [5, 5.41) is 17.4. The zero-order valence-electron chi connectivity index (χ0n) is 16.6. The molecular formula is C22H23N5O2S.